The monoisotopic (exact) mass is 303 g/mol. The van der Waals surface area contributed by atoms with Crippen molar-refractivity contribution in [2.24, 2.45) is 0 Å². The average molecular weight is 303 g/mol. The molecule has 0 aliphatic carbocycles. The number of carbonyl (C=O) groups is 1. The summed E-state index contributed by atoms with van der Waals surface area (Å²) in [6, 6.07) is 6.88. The second kappa shape index (κ2) is 9.66. The van der Waals surface area contributed by atoms with E-state index >= 15 is 0 Å². The number of allylic oxidation sites excluding steroid dienone is 3. The lowest BCUT2D eigenvalue weighted by Crippen LogP contribution is -2.26. The van der Waals surface area contributed by atoms with Crippen LogP contribution in [-0.4, -0.2) is 19.7 Å². The molecule has 0 aromatic heterocycles. The summed E-state index contributed by atoms with van der Waals surface area (Å²) < 4.78 is 10.2. The first-order chi connectivity index (χ1) is 10.5. The largest absolute Gasteiger partial charge is 0.497 e. The number of carbonyl (C=O) groups excluding carboxylic acids is 1. The van der Waals surface area contributed by atoms with Crippen molar-refractivity contribution in [1.29, 1.82) is 0 Å². The van der Waals surface area contributed by atoms with Crippen LogP contribution in [0.4, 0.5) is 4.79 Å². The number of hydrogen-bond donors (Lipinski definition) is 1. The summed E-state index contributed by atoms with van der Waals surface area (Å²) in [4.78, 5) is 11.6. The minimum atomic E-state index is -0.460. The quantitative estimate of drug-likeness (QED) is 0.756. The van der Waals surface area contributed by atoms with Gasteiger partial charge in [0.25, 0.3) is 0 Å². The topological polar surface area (TPSA) is 47.6 Å². The number of amides is 1. The standard InChI is InChI=1S/C18H25NO3/c1-14(2)6-5-7-15(3)12-13-19-18(20)22-17-10-8-16(21-4)9-11-17/h6,8-12H,5,7,13H2,1-4H3,(H,19,20)/b15-12-. The third-order valence-electron chi connectivity index (χ3n) is 3.06. The molecular weight excluding hydrogens is 278 g/mol. The van der Waals surface area contributed by atoms with Crippen LogP contribution in [0.2, 0.25) is 0 Å². The Hall–Kier alpha value is -2.23. The van der Waals surface area contributed by atoms with Crippen molar-refractivity contribution in [2.45, 2.75) is 33.6 Å². The van der Waals surface area contributed by atoms with Gasteiger partial charge < -0.3 is 14.8 Å². The molecule has 1 aromatic rings. The van der Waals surface area contributed by atoms with Gasteiger partial charge in [0, 0.05) is 6.54 Å². The van der Waals surface area contributed by atoms with Crippen LogP contribution < -0.4 is 14.8 Å². The molecule has 0 atom stereocenters. The molecule has 1 N–H and O–H groups in total. The Balaban J connectivity index is 2.31. The van der Waals surface area contributed by atoms with Gasteiger partial charge in [-0.2, -0.15) is 0 Å². The molecule has 120 valence electrons. The highest BCUT2D eigenvalue weighted by Crippen LogP contribution is 2.16. The summed E-state index contributed by atoms with van der Waals surface area (Å²) in [6.45, 7) is 6.72. The fourth-order valence-corrected chi connectivity index (χ4v) is 1.79. The number of rotatable bonds is 7. The summed E-state index contributed by atoms with van der Waals surface area (Å²) in [5.74, 6) is 1.21. The van der Waals surface area contributed by atoms with Crippen LogP contribution in [-0.2, 0) is 0 Å². The highest BCUT2D eigenvalue weighted by Gasteiger charge is 2.02. The second-order valence-corrected chi connectivity index (χ2v) is 5.32. The highest BCUT2D eigenvalue weighted by molar-refractivity contribution is 5.70. The predicted molar refractivity (Wildman–Crippen MR) is 89.4 cm³/mol. The molecule has 1 rings (SSSR count). The van der Waals surface area contributed by atoms with E-state index in [2.05, 4.69) is 32.2 Å². The summed E-state index contributed by atoms with van der Waals surface area (Å²) in [6.07, 6.45) is 5.79. The third kappa shape index (κ3) is 7.53. The van der Waals surface area contributed by atoms with Gasteiger partial charge in [-0.1, -0.05) is 23.3 Å². The number of ether oxygens (including phenoxy) is 2. The molecular formula is C18H25NO3. The zero-order chi connectivity index (χ0) is 16.4. The van der Waals surface area contributed by atoms with E-state index in [0.717, 1.165) is 18.6 Å². The summed E-state index contributed by atoms with van der Waals surface area (Å²) >= 11 is 0. The fraction of sp³-hybridized carbons (Fsp3) is 0.389. The van der Waals surface area contributed by atoms with Gasteiger partial charge in [-0.05, 0) is 57.9 Å². The highest BCUT2D eigenvalue weighted by atomic mass is 16.6. The molecule has 4 heteroatoms. The van der Waals surface area contributed by atoms with E-state index in [0.29, 0.717) is 12.3 Å². The number of hydrogen-bond acceptors (Lipinski definition) is 3. The zero-order valence-corrected chi connectivity index (χ0v) is 13.8. The Morgan fingerprint density at radius 1 is 1.09 bits per heavy atom. The van der Waals surface area contributed by atoms with E-state index in [-0.39, 0.29) is 0 Å². The van der Waals surface area contributed by atoms with Crippen molar-refractivity contribution in [1.82, 2.24) is 5.32 Å². The Bertz CT molecular complexity index is 526. The molecule has 0 aliphatic rings. The molecule has 1 amide bonds. The molecule has 0 bridgehead atoms. The lowest BCUT2D eigenvalue weighted by atomic mass is 10.1. The number of benzene rings is 1. The molecule has 4 nitrogen and oxygen atoms in total. The van der Waals surface area contributed by atoms with Crippen LogP contribution >= 0.6 is 0 Å². The van der Waals surface area contributed by atoms with Crippen LogP contribution in [0.1, 0.15) is 33.6 Å². The van der Waals surface area contributed by atoms with Crippen molar-refractivity contribution in [3.05, 3.63) is 47.6 Å². The maximum absolute atomic E-state index is 11.6. The van der Waals surface area contributed by atoms with E-state index in [4.69, 9.17) is 9.47 Å². The molecule has 0 unspecified atom stereocenters. The first kappa shape index (κ1) is 17.8. The third-order valence-corrected chi connectivity index (χ3v) is 3.06. The van der Waals surface area contributed by atoms with E-state index in [1.807, 2.05) is 6.08 Å². The van der Waals surface area contributed by atoms with Gasteiger partial charge in [0.1, 0.15) is 11.5 Å². The van der Waals surface area contributed by atoms with Crippen molar-refractivity contribution in [3.8, 4) is 11.5 Å². The van der Waals surface area contributed by atoms with E-state index in [9.17, 15) is 4.79 Å². The molecule has 0 spiro atoms. The molecule has 0 fully saturated rings. The molecule has 22 heavy (non-hydrogen) atoms. The van der Waals surface area contributed by atoms with Crippen LogP contribution in [0.25, 0.3) is 0 Å². The minimum Gasteiger partial charge on any atom is -0.497 e. The minimum absolute atomic E-state index is 0.460. The molecule has 0 radical (unpaired) electrons. The maximum Gasteiger partial charge on any atom is 0.412 e. The van der Waals surface area contributed by atoms with Gasteiger partial charge in [-0.3, -0.25) is 0 Å². The van der Waals surface area contributed by atoms with E-state index in [1.165, 1.54) is 11.1 Å². The summed E-state index contributed by atoms with van der Waals surface area (Å²) in [7, 11) is 1.59. The zero-order valence-electron chi connectivity index (χ0n) is 13.8. The lowest BCUT2D eigenvalue weighted by molar-refractivity contribution is 0.201. The first-order valence-corrected chi connectivity index (χ1v) is 7.40. The molecule has 0 heterocycles. The van der Waals surface area contributed by atoms with E-state index in [1.54, 1.807) is 31.4 Å². The predicted octanol–water partition coefficient (Wildman–Crippen LogP) is 4.48. The van der Waals surface area contributed by atoms with Crippen molar-refractivity contribution in [3.63, 3.8) is 0 Å². The second-order valence-electron chi connectivity index (χ2n) is 5.32. The Morgan fingerprint density at radius 3 is 2.32 bits per heavy atom. The van der Waals surface area contributed by atoms with Crippen LogP contribution in [0.5, 0.6) is 11.5 Å². The van der Waals surface area contributed by atoms with Crippen molar-refractivity contribution >= 4 is 6.09 Å². The van der Waals surface area contributed by atoms with Crippen LogP contribution in [0, 0.1) is 0 Å². The van der Waals surface area contributed by atoms with Gasteiger partial charge in [0.15, 0.2) is 0 Å². The van der Waals surface area contributed by atoms with Crippen molar-refractivity contribution in [2.75, 3.05) is 13.7 Å². The van der Waals surface area contributed by atoms with Gasteiger partial charge in [-0.25, -0.2) is 4.79 Å². The smallest absolute Gasteiger partial charge is 0.412 e. The van der Waals surface area contributed by atoms with Gasteiger partial charge in [-0.15, -0.1) is 0 Å². The van der Waals surface area contributed by atoms with Crippen LogP contribution in [0.3, 0.4) is 0 Å². The lowest BCUT2D eigenvalue weighted by Gasteiger charge is -2.06. The van der Waals surface area contributed by atoms with Gasteiger partial charge >= 0.3 is 6.09 Å². The Morgan fingerprint density at radius 2 is 1.73 bits per heavy atom. The fourth-order valence-electron chi connectivity index (χ4n) is 1.79. The summed E-state index contributed by atoms with van der Waals surface area (Å²) in [5, 5.41) is 2.71. The van der Waals surface area contributed by atoms with Gasteiger partial charge in [0.2, 0.25) is 0 Å². The molecule has 0 saturated carbocycles. The first-order valence-electron chi connectivity index (χ1n) is 7.40. The maximum atomic E-state index is 11.6. The normalized spacial score (nSPS) is 10.8. The number of methoxy groups -OCH3 is 1. The Kier molecular flexibility index (Phi) is 7.83. The molecule has 0 aliphatic heterocycles. The van der Waals surface area contributed by atoms with Gasteiger partial charge in [0.05, 0.1) is 7.11 Å². The van der Waals surface area contributed by atoms with Crippen molar-refractivity contribution < 1.29 is 14.3 Å². The Labute approximate surface area is 132 Å². The van der Waals surface area contributed by atoms with E-state index < -0.39 is 6.09 Å². The molecule has 0 saturated heterocycles. The molecule has 1 aromatic carbocycles. The number of nitrogens with one attached hydrogen (secondary N) is 1. The summed E-state index contributed by atoms with van der Waals surface area (Å²) in [5.41, 5.74) is 2.58. The average Bonchev–Trinajstić information content (AvgIpc) is 2.47. The SMILES string of the molecule is COc1ccc(OC(=O)NC/C=C(/C)CCC=C(C)C)cc1. The van der Waals surface area contributed by atoms with Crippen LogP contribution in [0.15, 0.2) is 47.6 Å².